The molecule has 0 aliphatic heterocycles. The molecule has 19 heavy (non-hydrogen) atoms. The second-order valence-corrected chi connectivity index (χ2v) is 3.25. The number of halogens is 2. The van der Waals surface area contributed by atoms with Crippen molar-refractivity contribution in [2.45, 2.75) is 6.92 Å². The van der Waals surface area contributed by atoms with Crippen LogP contribution in [0.25, 0.3) is 5.76 Å². The Morgan fingerprint density at radius 2 is 1.79 bits per heavy atom. The summed E-state index contributed by atoms with van der Waals surface area (Å²) < 4.78 is 30.0. The van der Waals surface area contributed by atoms with Crippen LogP contribution in [-0.2, 0) is 14.3 Å². The summed E-state index contributed by atoms with van der Waals surface area (Å²) in [6.07, 6.45) is 0.437. The third kappa shape index (κ3) is 5.24. The molecule has 0 atom stereocenters. The van der Waals surface area contributed by atoms with Crippen molar-refractivity contribution in [3.8, 4) is 0 Å². The Kier molecular flexibility index (Phi) is 7.05. The van der Waals surface area contributed by atoms with Gasteiger partial charge in [0.25, 0.3) is 5.78 Å². The van der Waals surface area contributed by atoms with Gasteiger partial charge in [0.2, 0.25) is 0 Å². The number of hydrogen-bond acceptors (Lipinski definition) is 4. The molecule has 4 nitrogen and oxygen atoms in total. The summed E-state index contributed by atoms with van der Waals surface area (Å²) in [5.74, 6) is -5.23. The van der Waals surface area contributed by atoms with E-state index in [1.165, 1.54) is 6.92 Å². The molecule has 0 radical (unpaired) electrons. The molecule has 1 aromatic carbocycles. The predicted molar refractivity (Wildman–Crippen MR) is 56.0 cm³/mol. The Labute approximate surface area is 120 Å². The van der Waals surface area contributed by atoms with Crippen LogP contribution >= 0.6 is 0 Å². The van der Waals surface area contributed by atoms with Crippen molar-refractivity contribution < 1.29 is 47.1 Å². The molecule has 1 rings (SSSR count). The maximum atomic E-state index is 12.8. The second-order valence-electron chi connectivity index (χ2n) is 3.25. The van der Waals surface area contributed by atoms with Gasteiger partial charge in [0.05, 0.1) is 6.61 Å². The monoisotopic (exact) mass is 262 g/mol. The molecule has 0 spiro atoms. The van der Waals surface area contributed by atoms with E-state index in [1.54, 1.807) is 0 Å². The molecule has 0 aromatic heterocycles. The summed E-state index contributed by atoms with van der Waals surface area (Å²) in [6.45, 7) is 1.48. The summed E-state index contributed by atoms with van der Waals surface area (Å²) in [4.78, 5) is 22.1. The molecule has 0 N–H and O–H groups in total. The number of ether oxygens (including phenoxy) is 1. The molecule has 0 heterocycles. The molecule has 0 aliphatic carbocycles. The first-order valence-corrected chi connectivity index (χ1v) is 5.00. The van der Waals surface area contributed by atoms with Gasteiger partial charge in [-0.1, -0.05) is 5.76 Å². The number of ketones is 1. The minimum atomic E-state index is -1.19. The van der Waals surface area contributed by atoms with Crippen LogP contribution in [0.1, 0.15) is 12.5 Å². The predicted octanol–water partition coefficient (Wildman–Crippen LogP) is -2.20. The van der Waals surface area contributed by atoms with Gasteiger partial charge in [-0.3, -0.25) is 4.79 Å². The zero-order valence-corrected chi connectivity index (χ0v) is 10.4. The fourth-order valence-electron chi connectivity index (χ4n) is 1.16. The molecule has 0 unspecified atom stereocenters. The van der Waals surface area contributed by atoms with Crippen molar-refractivity contribution in [1.29, 1.82) is 0 Å². The third-order valence-electron chi connectivity index (χ3n) is 1.89. The van der Waals surface area contributed by atoms with Gasteiger partial charge in [-0.05, 0) is 30.7 Å². The summed E-state index contributed by atoms with van der Waals surface area (Å²) in [5, 5.41) is 11.5. The van der Waals surface area contributed by atoms with E-state index in [4.69, 9.17) is 0 Å². The Morgan fingerprint density at radius 1 is 1.26 bits per heavy atom. The normalized spacial score (nSPS) is 10.6. The number of carbonyl (C=O) groups excluding carboxylic acids is 2. The van der Waals surface area contributed by atoms with Crippen molar-refractivity contribution in [2.75, 3.05) is 6.61 Å². The topological polar surface area (TPSA) is 66.4 Å². The van der Waals surface area contributed by atoms with Crippen molar-refractivity contribution in [3.05, 3.63) is 41.5 Å². The standard InChI is InChI=1S/C12H10F2O4.Li/c1-2-18-12(17)11(16)6-10(15)7-3-8(13)5-9(14)4-7;/h3-6,15H,2H2,1H3;/q;+1/p-1. The molecular weight excluding hydrogens is 253 g/mol. The smallest absolute Gasteiger partial charge is 0.872 e. The first-order valence-electron chi connectivity index (χ1n) is 5.00. The summed E-state index contributed by atoms with van der Waals surface area (Å²) in [7, 11) is 0. The number of benzene rings is 1. The van der Waals surface area contributed by atoms with Crippen LogP contribution in [0.15, 0.2) is 24.3 Å². The van der Waals surface area contributed by atoms with E-state index in [1.807, 2.05) is 0 Å². The molecule has 7 heteroatoms. The van der Waals surface area contributed by atoms with Gasteiger partial charge < -0.3 is 9.84 Å². The molecule has 0 fully saturated rings. The second kappa shape index (κ2) is 7.72. The average Bonchev–Trinajstić information content (AvgIpc) is 2.27. The van der Waals surface area contributed by atoms with Gasteiger partial charge in [-0.25, -0.2) is 13.6 Å². The van der Waals surface area contributed by atoms with Gasteiger partial charge in [-0.15, -0.1) is 0 Å². The zero-order chi connectivity index (χ0) is 13.7. The van der Waals surface area contributed by atoms with Gasteiger partial charge in [0.15, 0.2) is 0 Å². The van der Waals surface area contributed by atoms with E-state index < -0.39 is 29.1 Å². The molecule has 0 saturated carbocycles. The molecule has 96 valence electrons. The van der Waals surface area contributed by atoms with E-state index in [0.717, 1.165) is 12.1 Å². The number of esters is 1. The van der Waals surface area contributed by atoms with Crippen molar-refractivity contribution in [1.82, 2.24) is 0 Å². The fourth-order valence-corrected chi connectivity index (χ4v) is 1.16. The first-order chi connectivity index (χ1) is 8.43. The summed E-state index contributed by atoms with van der Waals surface area (Å²) >= 11 is 0. The van der Waals surface area contributed by atoms with Gasteiger partial charge in [-0.2, -0.15) is 0 Å². The van der Waals surface area contributed by atoms with Crippen LogP contribution in [0.3, 0.4) is 0 Å². The van der Waals surface area contributed by atoms with E-state index >= 15 is 0 Å². The van der Waals surface area contributed by atoms with Crippen LogP contribution in [-0.4, -0.2) is 18.4 Å². The van der Waals surface area contributed by atoms with Gasteiger partial charge in [0.1, 0.15) is 11.6 Å². The largest absolute Gasteiger partial charge is 1.00 e. The number of rotatable bonds is 4. The first kappa shape index (κ1) is 17.4. The molecule has 0 amide bonds. The maximum Gasteiger partial charge on any atom is 1.00 e. The Balaban J connectivity index is 0.00000324. The zero-order valence-electron chi connectivity index (χ0n) is 10.4. The summed E-state index contributed by atoms with van der Waals surface area (Å²) in [6, 6.07) is 2.12. The minimum Gasteiger partial charge on any atom is -0.872 e. The average molecular weight is 262 g/mol. The van der Waals surface area contributed by atoms with Crippen molar-refractivity contribution in [2.24, 2.45) is 0 Å². The molecule has 0 bridgehead atoms. The summed E-state index contributed by atoms with van der Waals surface area (Å²) in [5.41, 5.74) is -0.356. The van der Waals surface area contributed by atoms with E-state index in [-0.39, 0.29) is 31.0 Å². The van der Waals surface area contributed by atoms with E-state index in [0.29, 0.717) is 12.1 Å². The molecule has 0 aliphatic rings. The van der Waals surface area contributed by atoms with Gasteiger partial charge >= 0.3 is 24.8 Å². The van der Waals surface area contributed by atoms with Gasteiger partial charge in [0, 0.05) is 6.07 Å². The van der Waals surface area contributed by atoms with Crippen LogP contribution < -0.4 is 24.0 Å². The maximum absolute atomic E-state index is 12.8. The van der Waals surface area contributed by atoms with Crippen molar-refractivity contribution >= 4 is 17.5 Å². The molecule has 1 aromatic rings. The van der Waals surface area contributed by atoms with Crippen LogP contribution in [0.2, 0.25) is 0 Å². The van der Waals surface area contributed by atoms with E-state index in [9.17, 15) is 23.5 Å². The van der Waals surface area contributed by atoms with Crippen LogP contribution in [0, 0.1) is 11.6 Å². The van der Waals surface area contributed by atoms with E-state index in [2.05, 4.69) is 4.74 Å². The fraction of sp³-hybridized carbons (Fsp3) is 0.167. The quantitative estimate of drug-likeness (QED) is 0.203. The van der Waals surface area contributed by atoms with Crippen LogP contribution in [0.4, 0.5) is 8.78 Å². The Morgan fingerprint density at radius 3 is 2.26 bits per heavy atom. The van der Waals surface area contributed by atoms with Crippen LogP contribution in [0.5, 0.6) is 0 Å². The SMILES string of the molecule is CCOC(=O)C(=O)C=C([O-])c1cc(F)cc(F)c1.[Li+]. The third-order valence-corrected chi connectivity index (χ3v) is 1.89. The van der Waals surface area contributed by atoms with Crippen molar-refractivity contribution in [3.63, 3.8) is 0 Å². The minimum absolute atomic E-state index is 0. The number of hydrogen-bond donors (Lipinski definition) is 0. The Bertz CT molecular complexity index is 494. The number of carbonyl (C=O) groups is 2. The molecule has 0 saturated heterocycles. The Hall–Kier alpha value is -1.64. The molecular formula is C12H9F2LiO4.